The van der Waals surface area contributed by atoms with Crippen molar-refractivity contribution in [2.24, 2.45) is 5.14 Å². The molecule has 0 atom stereocenters. The van der Waals surface area contributed by atoms with Gasteiger partial charge in [0.1, 0.15) is 0 Å². The van der Waals surface area contributed by atoms with Gasteiger partial charge in [-0.2, -0.15) is 0 Å². The van der Waals surface area contributed by atoms with E-state index < -0.39 is 10.0 Å². The maximum atomic E-state index is 10.9. The molecule has 0 radical (unpaired) electrons. The first kappa shape index (κ1) is 9.85. The Morgan fingerprint density at radius 2 is 2.17 bits per heavy atom. The van der Waals surface area contributed by atoms with E-state index in [0.717, 1.165) is 0 Å². The summed E-state index contributed by atoms with van der Waals surface area (Å²) < 4.78 is 21.8. The Hall–Kier alpha value is -0.230. The molecule has 0 aromatic heterocycles. The van der Waals surface area contributed by atoms with Crippen molar-refractivity contribution >= 4 is 38.7 Å². The predicted molar refractivity (Wildman–Crippen MR) is 52.3 cm³/mol. The highest BCUT2D eigenvalue weighted by molar-refractivity contribution is 7.96. The molecule has 1 aliphatic rings. The van der Waals surface area contributed by atoms with Gasteiger partial charge < -0.3 is 0 Å². The SMILES string of the molecule is NS(=O)(=O)C1=CC(Cl)=CCC1=S. The normalized spacial score (nSPS) is 18.7. The van der Waals surface area contributed by atoms with Crippen LogP contribution in [-0.2, 0) is 10.0 Å². The lowest BCUT2D eigenvalue weighted by Gasteiger charge is -2.08. The van der Waals surface area contributed by atoms with E-state index in [4.69, 9.17) is 29.0 Å². The standard InChI is InChI=1S/C6H6ClNO2S2/c7-4-1-2-5(11)6(3-4)12(8,9)10/h1,3H,2H2,(H2,8,9,10). The molecule has 0 spiro atoms. The van der Waals surface area contributed by atoms with E-state index in [-0.39, 0.29) is 4.91 Å². The molecule has 0 aliphatic heterocycles. The number of primary sulfonamides is 1. The van der Waals surface area contributed by atoms with Crippen molar-refractivity contribution in [3.05, 3.63) is 22.1 Å². The van der Waals surface area contributed by atoms with Gasteiger partial charge in [-0.3, -0.25) is 0 Å². The number of hydrogen-bond acceptors (Lipinski definition) is 3. The van der Waals surface area contributed by atoms with Gasteiger partial charge in [0, 0.05) is 16.3 Å². The summed E-state index contributed by atoms with van der Waals surface area (Å²) in [6.45, 7) is 0. The van der Waals surface area contributed by atoms with Crippen molar-refractivity contribution in [3.8, 4) is 0 Å². The van der Waals surface area contributed by atoms with E-state index in [1.807, 2.05) is 0 Å². The van der Waals surface area contributed by atoms with E-state index >= 15 is 0 Å². The molecule has 0 aromatic rings. The minimum absolute atomic E-state index is 0.0509. The van der Waals surface area contributed by atoms with Gasteiger partial charge in [-0.1, -0.05) is 29.9 Å². The Balaban J connectivity index is 3.20. The van der Waals surface area contributed by atoms with E-state index in [2.05, 4.69) is 0 Å². The van der Waals surface area contributed by atoms with E-state index in [1.165, 1.54) is 6.08 Å². The second-order valence-corrected chi connectivity index (χ2v) is 4.73. The zero-order valence-corrected chi connectivity index (χ0v) is 8.34. The Morgan fingerprint density at radius 3 is 2.58 bits per heavy atom. The van der Waals surface area contributed by atoms with Gasteiger partial charge >= 0.3 is 0 Å². The van der Waals surface area contributed by atoms with Crippen molar-refractivity contribution in [2.75, 3.05) is 0 Å². The molecule has 1 rings (SSSR count). The number of halogens is 1. The Bertz CT molecular complexity index is 380. The van der Waals surface area contributed by atoms with Crippen LogP contribution < -0.4 is 5.14 Å². The van der Waals surface area contributed by atoms with E-state index in [1.54, 1.807) is 6.08 Å². The molecule has 0 unspecified atom stereocenters. The molecule has 12 heavy (non-hydrogen) atoms. The molecular weight excluding hydrogens is 218 g/mol. The zero-order chi connectivity index (χ0) is 9.35. The van der Waals surface area contributed by atoms with Gasteiger partial charge in [-0.15, -0.1) is 0 Å². The van der Waals surface area contributed by atoms with Gasteiger partial charge in [0.2, 0.25) is 10.0 Å². The molecular formula is C6H6ClNO2S2. The number of nitrogens with two attached hydrogens (primary N) is 1. The molecule has 6 heteroatoms. The maximum Gasteiger partial charge on any atom is 0.239 e. The van der Waals surface area contributed by atoms with Gasteiger partial charge in [0.05, 0.1) is 4.91 Å². The molecule has 66 valence electrons. The Kier molecular flexibility index (Phi) is 2.67. The zero-order valence-electron chi connectivity index (χ0n) is 5.95. The Morgan fingerprint density at radius 1 is 1.58 bits per heavy atom. The number of sulfonamides is 1. The monoisotopic (exact) mass is 223 g/mol. The molecule has 0 bridgehead atoms. The average molecular weight is 224 g/mol. The van der Waals surface area contributed by atoms with Crippen LogP contribution in [0.1, 0.15) is 6.42 Å². The summed E-state index contributed by atoms with van der Waals surface area (Å²) in [6, 6.07) is 0. The molecule has 1 aliphatic carbocycles. The number of rotatable bonds is 1. The molecule has 3 nitrogen and oxygen atoms in total. The van der Waals surface area contributed by atoms with Crippen LogP contribution in [0, 0.1) is 0 Å². The molecule has 0 saturated heterocycles. The third-order valence-electron chi connectivity index (χ3n) is 1.33. The number of thiocarbonyl (C=S) groups is 1. The smallest absolute Gasteiger partial charge is 0.225 e. The van der Waals surface area contributed by atoms with Crippen LogP contribution in [0.25, 0.3) is 0 Å². The summed E-state index contributed by atoms with van der Waals surface area (Å²) in [6.07, 6.45) is 3.26. The minimum Gasteiger partial charge on any atom is -0.225 e. The fraction of sp³-hybridized carbons (Fsp3) is 0.167. The number of allylic oxidation sites excluding steroid dienone is 4. The molecule has 0 saturated carbocycles. The largest absolute Gasteiger partial charge is 0.239 e. The van der Waals surface area contributed by atoms with Crippen LogP contribution in [0.5, 0.6) is 0 Å². The first-order valence-electron chi connectivity index (χ1n) is 3.04. The van der Waals surface area contributed by atoms with Crippen LogP contribution in [0.2, 0.25) is 0 Å². The third kappa shape index (κ3) is 2.13. The average Bonchev–Trinajstić information content (AvgIpc) is 1.92. The van der Waals surface area contributed by atoms with Crippen LogP contribution >= 0.6 is 23.8 Å². The first-order valence-corrected chi connectivity index (χ1v) is 5.38. The summed E-state index contributed by atoms with van der Waals surface area (Å²) in [4.78, 5) is 0.256. The van der Waals surface area contributed by atoms with Crippen LogP contribution in [0.4, 0.5) is 0 Å². The van der Waals surface area contributed by atoms with Crippen molar-refractivity contribution in [3.63, 3.8) is 0 Å². The predicted octanol–water partition coefficient (Wildman–Crippen LogP) is 1.06. The summed E-state index contributed by atoms with van der Waals surface area (Å²) in [5.74, 6) is 0. The highest BCUT2D eigenvalue weighted by Crippen LogP contribution is 2.20. The second kappa shape index (κ2) is 3.26. The summed E-state index contributed by atoms with van der Waals surface area (Å²) in [5, 5.41) is 5.25. The molecule has 2 N–H and O–H groups in total. The van der Waals surface area contributed by atoms with Gasteiger partial charge in [0.15, 0.2) is 0 Å². The van der Waals surface area contributed by atoms with E-state index in [0.29, 0.717) is 16.3 Å². The molecule has 0 heterocycles. The number of hydrogen-bond donors (Lipinski definition) is 1. The fourth-order valence-electron chi connectivity index (χ4n) is 0.796. The van der Waals surface area contributed by atoms with Crippen molar-refractivity contribution in [2.45, 2.75) is 6.42 Å². The quantitative estimate of drug-likeness (QED) is 0.677. The maximum absolute atomic E-state index is 10.9. The molecule has 0 aromatic carbocycles. The molecule has 0 fully saturated rings. The fourth-order valence-corrected chi connectivity index (χ4v) is 2.23. The highest BCUT2D eigenvalue weighted by Gasteiger charge is 2.19. The summed E-state index contributed by atoms with van der Waals surface area (Å²) >= 11 is 10.4. The molecule has 0 amide bonds. The third-order valence-corrected chi connectivity index (χ3v) is 3.09. The summed E-state index contributed by atoms with van der Waals surface area (Å²) in [7, 11) is -3.71. The topological polar surface area (TPSA) is 60.2 Å². The van der Waals surface area contributed by atoms with Crippen LogP contribution in [0.15, 0.2) is 22.1 Å². The lowest BCUT2D eigenvalue weighted by Crippen LogP contribution is -2.21. The lowest BCUT2D eigenvalue weighted by atomic mass is 10.2. The van der Waals surface area contributed by atoms with E-state index in [9.17, 15) is 8.42 Å². The van der Waals surface area contributed by atoms with Crippen LogP contribution in [0.3, 0.4) is 0 Å². The summed E-state index contributed by atoms with van der Waals surface area (Å²) in [5.41, 5.74) is 0. The van der Waals surface area contributed by atoms with Crippen molar-refractivity contribution in [1.29, 1.82) is 0 Å². The lowest BCUT2D eigenvalue weighted by molar-refractivity contribution is 0.605. The first-order chi connectivity index (χ1) is 5.41. The Labute approximate surface area is 80.9 Å². The van der Waals surface area contributed by atoms with Gasteiger partial charge in [-0.05, 0) is 6.08 Å². The van der Waals surface area contributed by atoms with Crippen LogP contribution in [-0.4, -0.2) is 13.3 Å². The van der Waals surface area contributed by atoms with Gasteiger partial charge in [0.25, 0.3) is 0 Å². The van der Waals surface area contributed by atoms with Crippen molar-refractivity contribution in [1.82, 2.24) is 0 Å². The van der Waals surface area contributed by atoms with Gasteiger partial charge in [-0.25, -0.2) is 13.6 Å². The highest BCUT2D eigenvalue weighted by atomic mass is 35.5. The second-order valence-electron chi connectivity index (χ2n) is 2.27. The minimum atomic E-state index is -3.71. The van der Waals surface area contributed by atoms with Crippen molar-refractivity contribution < 1.29 is 8.42 Å².